The lowest BCUT2D eigenvalue weighted by Crippen LogP contribution is -2.64. The summed E-state index contributed by atoms with van der Waals surface area (Å²) in [4.78, 5) is 54.0. The summed E-state index contributed by atoms with van der Waals surface area (Å²) in [5.41, 5.74) is -6.27. The molecule has 1 saturated heterocycles. The van der Waals surface area contributed by atoms with Gasteiger partial charge in [-0.2, -0.15) is 0 Å². The van der Waals surface area contributed by atoms with E-state index in [-0.39, 0.29) is 37.2 Å². The van der Waals surface area contributed by atoms with E-state index < -0.39 is 112 Å². The number of aliphatic hydroxyl groups is 6. The second kappa shape index (κ2) is 12.8. The number of allylic oxidation sites excluding steroid dienone is 4. The number of ketones is 3. The highest BCUT2D eigenvalue weighted by atomic mass is 16.7. The molecule has 0 unspecified atom stereocenters. The van der Waals surface area contributed by atoms with Crippen molar-refractivity contribution in [2.45, 2.75) is 142 Å². The highest BCUT2D eigenvalue weighted by molar-refractivity contribution is 6.02. The van der Waals surface area contributed by atoms with Crippen molar-refractivity contribution in [1.82, 2.24) is 0 Å². The third-order valence-electron chi connectivity index (χ3n) is 13.7. The molecule has 13 atom stereocenters. The van der Waals surface area contributed by atoms with Gasteiger partial charge in [-0.15, -0.1) is 0 Å². The van der Waals surface area contributed by atoms with Crippen LogP contribution < -0.4 is 0 Å². The van der Waals surface area contributed by atoms with Gasteiger partial charge in [-0.25, -0.2) is 0 Å². The number of ether oxygens (including phenoxy) is 3. The molecular weight excluding hydrogens is 664 g/mol. The molecule has 3 fully saturated rings. The fourth-order valence-electron chi connectivity index (χ4n) is 10.6. The first-order chi connectivity index (χ1) is 23.3. The maximum atomic E-state index is 14.8. The average Bonchev–Trinajstić information content (AvgIpc) is 3.22. The standard InChI is InChI=1S/C38H56O13/c1-18(40)51-33(2,3)13-12-25(42)38(9,48)30-21(41)15-35(6)24-11-10-19-20(37(24,8)26(43)16-36(30,35)7)14-22(31(47)34(19,4)5)49-32-29(46)28(45)27(44)23(17-39)50-32/h10,14,20-21,23-24,27-30,32,39,41,44-46,48H,11-13,15-17H2,1-9H3/t20-,21+,23-,24-,27+,28-,29-,30-,32+,35-,36+,37-,38-/m0/s1. The summed E-state index contributed by atoms with van der Waals surface area (Å²) in [6, 6.07) is 0. The van der Waals surface area contributed by atoms with Gasteiger partial charge in [-0.1, -0.05) is 32.4 Å². The van der Waals surface area contributed by atoms with Crippen LogP contribution in [-0.4, -0.2) is 109 Å². The first kappa shape index (κ1) is 39.7. The molecule has 286 valence electrons. The molecular formula is C38H56O13. The van der Waals surface area contributed by atoms with Gasteiger partial charge in [0, 0.05) is 37.0 Å². The zero-order valence-corrected chi connectivity index (χ0v) is 31.1. The molecule has 0 aromatic rings. The molecule has 5 aliphatic rings. The largest absolute Gasteiger partial charge is 0.460 e. The summed E-state index contributed by atoms with van der Waals surface area (Å²) in [5.74, 6) is -3.82. The van der Waals surface area contributed by atoms with Gasteiger partial charge >= 0.3 is 5.97 Å². The summed E-state index contributed by atoms with van der Waals surface area (Å²) in [7, 11) is 0. The smallest absolute Gasteiger partial charge is 0.303 e. The maximum Gasteiger partial charge on any atom is 0.303 e. The highest BCUT2D eigenvalue weighted by Gasteiger charge is 2.74. The van der Waals surface area contributed by atoms with E-state index in [2.05, 4.69) is 0 Å². The van der Waals surface area contributed by atoms with Crippen LogP contribution >= 0.6 is 0 Å². The molecule has 4 aliphatic carbocycles. The van der Waals surface area contributed by atoms with Crippen molar-refractivity contribution >= 4 is 23.3 Å². The number of esters is 1. The normalized spacial score (nSPS) is 43.2. The van der Waals surface area contributed by atoms with Crippen LogP contribution in [0.25, 0.3) is 0 Å². The predicted octanol–water partition coefficient (Wildman–Crippen LogP) is 1.67. The average molecular weight is 721 g/mol. The van der Waals surface area contributed by atoms with E-state index in [1.54, 1.807) is 33.8 Å². The molecule has 0 radical (unpaired) electrons. The monoisotopic (exact) mass is 720 g/mol. The van der Waals surface area contributed by atoms with Gasteiger partial charge in [0.1, 0.15) is 41.4 Å². The molecule has 6 N–H and O–H groups in total. The molecule has 1 heterocycles. The lowest BCUT2D eigenvalue weighted by atomic mass is 9.39. The molecule has 13 heteroatoms. The van der Waals surface area contributed by atoms with E-state index in [0.717, 1.165) is 5.57 Å². The first-order valence-electron chi connectivity index (χ1n) is 17.9. The minimum absolute atomic E-state index is 0.0600. The minimum atomic E-state index is -2.01. The molecule has 1 aliphatic heterocycles. The molecule has 0 aromatic carbocycles. The number of hydrogen-bond acceptors (Lipinski definition) is 13. The zero-order valence-electron chi connectivity index (χ0n) is 31.1. The lowest BCUT2D eigenvalue weighted by Gasteiger charge is -2.63. The summed E-state index contributed by atoms with van der Waals surface area (Å²) in [6.07, 6.45) is -4.93. The Morgan fingerprint density at radius 3 is 2.20 bits per heavy atom. The second-order valence-electron chi connectivity index (χ2n) is 17.6. The third kappa shape index (κ3) is 5.95. The Balaban J connectivity index is 1.50. The molecule has 0 amide bonds. The van der Waals surface area contributed by atoms with Crippen LogP contribution in [0.1, 0.15) is 94.4 Å². The molecule has 5 rings (SSSR count). The first-order valence-corrected chi connectivity index (χ1v) is 17.9. The van der Waals surface area contributed by atoms with Crippen LogP contribution in [0.4, 0.5) is 0 Å². The molecule has 51 heavy (non-hydrogen) atoms. The SMILES string of the molecule is CC(=O)OC(C)(C)CCC(=O)[C@](C)(O)[C@H]1[C@H](O)C[C@@]2(C)[C@@H]3CC=C4[C@H](C=C(O[C@@H]5O[C@@H](CO)[C@@H](O)[C@H](O)[C@@H]5O)C(=O)C4(C)C)[C@]3(C)C(=O)C[C@]12C. The number of carbonyl (C=O) groups excluding carboxylic acids is 4. The van der Waals surface area contributed by atoms with Crippen LogP contribution in [0.3, 0.4) is 0 Å². The van der Waals surface area contributed by atoms with Gasteiger partial charge in [0.25, 0.3) is 0 Å². The quantitative estimate of drug-likeness (QED) is 0.148. The van der Waals surface area contributed by atoms with Crippen molar-refractivity contribution in [2.75, 3.05) is 6.61 Å². The van der Waals surface area contributed by atoms with E-state index in [0.29, 0.717) is 6.42 Å². The predicted molar refractivity (Wildman–Crippen MR) is 180 cm³/mol. The van der Waals surface area contributed by atoms with E-state index >= 15 is 0 Å². The number of rotatable bonds is 9. The van der Waals surface area contributed by atoms with Gasteiger partial charge < -0.3 is 44.8 Å². The van der Waals surface area contributed by atoms with Gasteiger partial charge in [-0.3, -0.25) is 19.2 Å². The number of Topliss-reactive ketones (excluding diaryl/α,β-unsaturated/α-hetero) is 3. The Kier molecular flexibility index (Phi) is 9.97. The number of hydrogen-bond donors (Lipinski definition) is 6. The maximum absolute atomic E-state index is 14.8. The van der Waals surface area contributed by atoms with Crippen molar-refractivity contribution in [3.63, 3.8) is 0 Å². The Morgan fingerprint density at radius 1 is 0.980 bits per heavy atom. The van der Waals surface area contributed by atoms with E-state index in [9.17, 15) is 49.8 Å². The molecule has 0 aromatic heterocycles. The van der Waals surface area contributed by atoms with Gasteiger partial charge in [0.2, 0.25) is 12.1 Å². The molecule has 13 nitrogen and oxygen atoms in total. The Bertz CT molecular complexity index is 1520. The number of aliphatic hydroxyl groups excluding tert-OH is 5. The van der Waals surface area contributed by atoms with Crippen molar-refractivity contribution < 1.29 is 64.0 Å². The fraction of sp³-hybridized carbons (Fsp3) is 0.789. The van der Waals surface area contributed by atoms with Crippen LogP contribution in [-0.2, 0) is 33.4 Å². The molecule has 0 bridgehead atoms. The lowest BCUT2D eigenvalue weighted by molar-refractivity contribution is -0.291. The third-order valence-corrected chi connectivity index (χ3v) is 13.7. The van der Waals surface area contributed by atoms with Crippen molar-refractivity contribution in [3.8, 4) is 0 Å². The van der Waals surface area contributed by atoms with Gasteiger partial charge in [-0.05, 0) is 76.7 Å². The molecule has 2 saturated carbocycles. The zero-order chi connectivity index (χ0) is 38.4. The van der Waals surface area contributed by atoms with E-state index in [4.69, 9.17) is 14.2 Å². The summed E-state index contributed by atoms with van der Waals surface area (Å²) in [6.45, 7) is 14.5. The van der Waals surface area contributed by atoms with Crippen molar-refractivity contribution in [1.29, 1.82) is 0 Å². The number of fused-ring (bicyclic) bond motifs is 5. The van der Waals surface area contributed by atoms with E-state index in [1.807, 2.05) is 26.8 Å². The minimum Gasteiger partial charge on any atom is -0.460 e. The van der Waals surface area contributed by atoms with Gasteiger partial charge in [0.05, 0.1) is 18.1 Å². The second-order valence-corrected chi connectivity index (χ2v) is 17.6. The summed E-state index contributed by atoms with van der Waals surface area (Å²) < 4.78 is 16.8. The van der Waals surface area contributed by atoms with E-state index in [1.165, 1.54) is 13.8 Å². The topological polar surface area (TPSA) is 217 Å². The Hall–Kier alpha value is -2.52. The summed E-state index contributed by atoms with van der Waals surface area (Å²) in [5, 5.41) is 64.7. The van der Waals surface area contributed by atoms with Crippen molar-refractivity contribution in [2.24, 2.45) is 39.4 Å². The van der Waals surface area contributed by atoms with Crippen molar-refractivity contribution in [3.05, 3.63) is 23.5 Å². The molecule has 0 spiro atoms. The summed E-state index contributed by atoms with van der Waals surface area (Å²) >= 11 is 0. The van der Waals surface area contributed by atoms with Crippen LogP contribution in [0, 0.1) is 39.4 Å². The number of carbonyl (C=O) groups is 4. The van der Waals surface area contributed by atoms with Crippen LogP contribution in [0.15, 0.2) is 23.5 Å². The Morgan fingerprint density at radius 2 is 1.61 bits per heavy atom. The highest BCUT2D eigenvalue weighted by Crippen LogP contribution is 2.74. The van der Waals surface area contributed by atoms with Crippen LogP contribution in [0.2, 0.25) is 0 Å². The Labute approximate surface area is 299 Å². The van der Waals surface area contributed by atoms with Gasteiger partial charge in [0.15, 0.2) is 11.5 Å². The van der Waals surface area contributed by atoms with Crippen LogP contribution in [0.5, 0.6) is 0 Å². The fourth-order valence-corrected chi connectivity index (χ4v) is 10.6.